The number of hydrogen-bond acceptors (Lipinski definition) is 6. The van der Waals surface area contributed by atoms with Gasteiger partial charge in [0, 0.05) is 38.9 Å². The maximum atomic E-state index is 13.0. The summed E-state index contributed by atoms with van der Waals surface area (Å²) in [5.41, 5.74) is 7.04. The highest BCUT2D eigenvalue weighted by atomic mass is 32.1. The van der Waals surface area contributed by atoms with Crippen LogP contribution in [0.15, 0.2) is 24.3 Å². The van der Waals surface area contributed by atoms with Gasteiger partial charge in [-0.2, -0.15) is 4.37 Å². The van der Waals surface area contributed by atoms with Gasteiger partial charge in [-0.1, -0.05) is 0 Å². The minimum absolute atomic E-state index is 0.0841. The first-order chi connectivity index (χ1) is 12.0. The molecule has 0 radical (unpaired) electrons. The summed E-state index contributed by atoms with van der Waals surface area (Å²) in [7, 11) is 1.48. The van der Waals surface area contributed by atoms with Crippen molar-refractivity contribution in [2.24, 2.45) is 0 Å². The molecule has 25 heavy (non-hydrogen) atoms. The maximum Gasteiger partial charge on any atom is 0.272 e. The van der Waals surface area contributed by atoms with Crippen molar-refractivity contribution in [2.45, 2.75) is 0 Å². The molecule has 2 aromatic rings. The Hall–Kier alpha value is -2.68. The van der Waals surface area contributed by atoms with Gasteiger partial charge in [-0.25, -0.2) is 4.39 Å². The molecule has 132 valence electrons. The quantitative estimate of drug-likeness (QED) is 0.855. The average Bonchev–Trinajstić information content (AvgIpc) is 3.02. The molecule has 0 saturated carbocycles. The molecule has 1 aliphatic rings. The van der Waals surface area contributed by atoms with Crippen LogP contribution in [0.4, 0.5) is 15.8 Å². The molecule has 0 unspecified atom stereocenters. The van der Waals surface area contributed by atoms with E-state index in [2.05, 4.69) is 14.6 Å². The molecule has 1 aromatic heterocycles. The van der Waals surface area contributed by atoms with Gasteiger partial charge in [0.2, 0.25) is 0 Å². The van der Waals surface area contributed by atoms with Crippen molar-refractivity contribution < 1.29 is 14.0 Å². The lowest BCUT2D eigenvalue weighted by Crippen LogP contribution is -2.48. The minimum atomic E-state index is -0.408. The maximum absolute atomic E-state index is 13.0. The Labute approximate surface area is 148 Å². The molecule has 9 heteroatoms. The first kappa shape index (κ1) is 17.2. The van der Waals surface area contributed by atoms with Gasteiger partial charge >= 0.3 is 0 Å². The van der Waals surface area contributed by atoms with Gasteiger partial charge in [0.15, 0.2) is 5.69 Å². The van der Waals surface area contributed by atoms with Crippen molar-refractivity contribution in [2.75, 3.05) is 43.9 Å². The number of carbonyl (C=O) groups excluding carboxylic acids is 2. The number of halogens is 1. The molecule has 1 fully saturated rings. The van der Waals surface area contributed by atoms with Crippen LogP contribution in [0, 0.1) is 5.82 Å². The molecule has 7 nitrogen and oxygen atoms in total. The van der Waals surface area contributed by atoms with E-state index in [1.807, 2.05) is 0 Å². The topological polar surface area (TPSA) is 91.6 Å². The van der Waals surface area contributed by atoms with Crippen molar-refractivity contribution in [3.8, 4) is 0 Å². The molecular formula is C16H18FN5O2S. The molecule has 3 rings (SSSR count). The number of nitrogens with one attached hydrogen (secondary N) is 1. The van der Waals surface area contributed by atoms with E-state index >= 15 is 0 Å². The van der Waals surface area contributed by atoms with E-state index in [1.54, 1.807) is 17.0 Å². The first-order valence-electron chi connectivity index (χ1n) is 7.78. The number of aromatic nitrogens is 1. The van der Waals surface area contributed by atoms with Crippen LogP contribution < -0.4 is 16.0 Å². The smallest absolute Gasteiger partial charge is 0.272 e. The average molecular weight is 363 g/mol. The second-order valence-electron chi connectivity index (χ2n) is 5.61. The van der Waals surface area contributed by atoms with E-state index in [0.717, 1.165) is 17.2 Å². The summed E-state index contributed by atoms with van der Waals surface area (Å²) in [5.74, 6) is -0.900. The highest BCUT2D eigenvalue weighted by Crippen LogP contribution is 2.24. The predicted octanol–water partition coefficient (Wildman–Crippen LogP) is 1.19. The van der Waals surface area contributed by atoms with Crippen LogP contribution >= 0.6 is 11.5 Å². The molecule has 3 N–H and O–H groups in total. The van der Waals surface area contributed by atoms with Gasteiger partial charge < -0.3 is 20.9 Å². The summed E-state index contributed by atoms with van der Waals surface area (Å²) < 4.78 is 17.0. The Kier molecular flexibility index (Phi) is 4.84. The molecule has 0 spiro atoms. The molecule has 0 atom stereocenters. The van der Waals surface area contributed by atoms with E-state index in [9.17, 15) is 14.0 Å². The summed E-state index contributed by atoms with van der Waals surface area (Å²) in [6, 6.07) is 6.30. The molecule has 1 aromatic carbocycles. The van der Waals surface area contributed by atoms with Crippen LogP contribution in [-0.2, 0) is 0 Å². The third-order valence-corrected chi connectivity index (χ3v) is 4.97. The van der Waals surface area contributed by atoms with E-state index < -0.39 is 5.91 Å². The number of piperazine rings is 1. The summed E-state index contributed by atoms with van der Waals surface area (Å²) in [5, 5.41) is 2.45. The van der Waals surface area contributed by atoms with Gasteiger partial charge in [0.05, 0.1) is 5.69 Å². The predicted molar refractivity (Wildman–Crippen MR) is 94.4 cm³/mol. The zero-order valence-corrected chi connectivity index (χ0v) is 14.5. The fourth-order valence-corrected chi connectivity index (χ4v) is 3.46. The number of anilines is 2. The van der Waals surface area contributed by atoms with Crippen LogP contribution in [0.5, 0.6) is 0 Å². The summed E-state index contributed by atoms with van der Waals surface area (Å²) in [6.45, 7) is 2.31. The van der Waals surface area contributed by atoms with Crippen molar-refractivity contribution in [3.63, 3.8) is 0 Å². The largest absolute Gasteiger partial charge is 0.395 e. The zero-order valence-electron chi connectivity index (χ0n) is 13.7. The van der Waals surface area contributed by atoms with Gasteiger partial charge in [-0.3, -0.25) is 9.59 Å². The summed E-state index contributed by atoms with van der Waals surface area (Å²) >= 11 is 0.938. The van der Waals surface area contributed by atoms with E-state index in [1.165, 1.54) is 19.2 Å². The van der Waals surface area contributed by atoms with E-state index in [0.29, 0.717) is 26.2 Å². The lowest BCUT2D eigenvalue weighted by molar-refractivity contribution is 0.0752. The number of rotatable bonds is 3. The molecule has 2 heterocycles. The Morgan fingerprint density at radius 1 is 1.20 bits per heavy atom. The van der Waals surface area contributed by atoms with Crippen LogP contribution in [0.1, 0.15) is 20.2 Å². The normalized spacial score (nSPS) is 14.5. The number of nitrogens with zero attached hydrogens (tertiary/aromatic N) is 3. The van der Waals surface area contributed by atoms with Gasteiger partial charge in [0.25, 0.3) is 11.8 Å². The van der Waals surface area contributed by atoms with Gasteiger partial charge in [-0.05, 0) is 35.8 Å². The van der Waals surface area contributed by atoms with Crippen LogP contribution in [0.2, 0.25) is 0 Å². The first-order valence-corrected chi connectivity index (χ1v) is 8.55. The second-order valence-corrected chi connectivity index (χ2v) is 6.38. The number of carbonyl (C=O) groups is 2. The molecule has 1 aliphatic heterocycles. The van der Waals surface area contributed by atoms with Crippen LogP contribution in [-0.4, -0.2) is 54.3 Å². The fraction of sp³-hybridized carbons (Fsp3) is 0.312. The van der Waals surface area contributed by atoms with Crippen molar-refractivity contribution in [1.82, 2.24) is 14.6 Å². The van der Waals surface area contributed by atoms with Crippen molar-refractivity contribution in [1.29, 1.82) is 0 Å². The third kappa shape index (κ3) is 3.41. The molecule has 0 aliphatic carbocycles. The van der Waals surface area contributed by atoms with Crippen LogP contribution in [0.3, 0.4) is 0 Å². The summed E-state index contributed by atoms with van der Waals surface area (Å²) in [4.78, 5) is 28.4. The Balaban J connectivity index is 1.67. The number of nitrogens with two attached hydrogens (primary N) is 1. The highest BCUT2D eigenvalue weighted by molar-refractivity contribution is 7.09. The number of benzene rings is 1. The fourth-order valence-electron chi connectivity index (χ4n) is 2.70. The van der Waals surface area contributed by atoms with Crippen molar-refractivity contribution in [3.05, 3.63) is 40.7 Å². The van der Waals surface area contributed by atoms with Crippen LogP contribution in [0.25, 0.3) is 0 Å². The molecular weight excluding hydrogens is 345 g/mol. The minimum Gasteiger partial charge on any atom is -0.395 e. The SMILES string of the molecule is CNC(=O)c1nsc(C(=O)N2CCN(c3ccc(F)cc3)CC2)c1N. The lowest BCUT2D eigenvalue weighted by Gasteiger charge is -2.36. The number of amides is 2. The number of nitrogen functional groups attached to an aromatic ring is 1. The molecule has 2 amide bonds. The Morgan fingerprint density at radius 2 is 1.84 bits per heavy atom. The third-order valence-electron chi connectivity index (χ3n) is 4.12. The monoisotopic (exact) mass is 363 g/mol. The van der Waals surface area contributed by atoms with E-state index in [-0.39, 0.29) is 28.0 Å². The standard InChI is InChI=1S/C16H18FN5O2S/c1-19-15(23)13-12(18)14(25-20-13)16(24)22-8-6-21(7-9-22)11-4-2-10(17)3-5-11/h2-5H,6-9,18H2,1H3,(H,19,23). The Morgan fingerprint density at radius 3 is 2.44 bits per heavy atom. The van der Waals surface area contributed by atoms with Crippen molar-refractivity contribution >= 4 is 34.7 Å². The number of hydrogen-bond donors (Lipinski definition) is 2. The molecule has 0 bridgehead atoms. The Bertz CT molecular complexity index is 784. The highest BCUT2D eigenvalue weighted by Gasteiger charge is 2.27. The molecule has 1 saturated heterocycles. The second kappa shape index (κ2) is 7.06. The lowest BCUT2D eigenvalue weighted by atomic mass is 10.2. The van der Waals surface area contributed by atoms with E-state index in [4.69, 9.17) is 5.73 Å². The van der Waals surface area contributed by atoms with Gasteiger partial charge in [-0.15, -0.1) is 0 Å². The zero-order chi connectivity index (χ0) is 18.0. The van der Waals surface area contributed by atoms with Gasteiger partial charge in [0.1, 0.15) is 10.7 Å². The summed E-state index contributed by atoms with van der Waals surface area (Å²) in [6.07, 6.45) is 0.